The van der Waals surface area contributed by atoms with E-state index in [0.717, 1.165) is 6.42 Å². The minimum Gasteiger partial charge on any atom is -0.481 e. The molecule has 0 fully saturated rings. The maximum absolute atomic E-state index is 9.03. The van der Waals surface area contributed by atoms with Crippen LogP contribution in [-0.2, 0) is 4.74 Å². The van der Waals surface area contributed by atoms with Crippen molar-refractivity contribution in [3.05, 3.63) is 44.4 Å². The molecule has 3 radical (unpaired) electrons. The summed E-state index contributed by atoms with van der Waals surface area (Å²) in [7, 11) is 1.42. The Hall–Kier alpha value is -0.920. The van der Waals surface area contributed by atoms with E-state index in [0.29, 0.717) is 0 Å². The maximum atomic E-state index is 9.03. The van der Waals surface area contributed by atoms with Gasteiger partial charge in [-0.15, -0.1) is 6.58 Å². The van der Waals surface area contributed by atoms with Gasteiger partial charge in [-0.1, -0.05) is 6.08 Å². The molecular formula is C10H15O2. The summed E-state index contributed by atoms with van der Waals surface area (Å²) in [6, 6.07) is 0. The van der Waals surface area contributed by atoms with Crippen LogP contribution in [0.5, 0.6) is 0 Å². The number of hydrogen-bond acceptors (Lipinski definition) is 2. The summed E-state index contributed by atoms with van der Waals surface area (Å²) in [5, 5.41) is 9.03. The first-order chi connectivity index (χ1) is 5.74. The molecule has 12 heavy (non-hydrogen) atoms. The summed E-state index contributed by atoms with van der Waals surface area (Å²) in [5.74, 6) is 0.0416. The highest BCUT2D eigenvalue weighted by Crippen LogP contribution is 2.13. The average molecular weight is 167 g/mol. The number of ether oxygens (including phenoxy) is 1. The second kappa shape index (κ2) is 6.77. The zero-order valence-corrected chi connectivity index (χ0v) is 7.36. The molecule has 0 aliphatic rings. The largest absolute Gasteiger partial charge is 0.481 e. The Balaban J connectivity index is 4.00. The molecule has 67 valence electrons. The zero-order chi connectivity index (χ0) is 9.40. The Bertz CT molecular complexity index is 150. The molecule has 0 saturated carbocycles. The number of allylic oxidation sites excluding steroid dienone is 2. The molecule has 0 aromatic rings. The Morgan fingerprint density at radius 2 is 2.33 bits per heavy atom. The molecule has 0 unspecified atom stereocenters. The van der Waals surface area contributed by atoms with Crippen LogP contribution in [0.1, 0.15) is 6.42 Å². The van der Waals surface area contributed by atoms with Crippen molar-refractivity contribution in [2.45, 2.75) is 6.42 Å². The summed E-state index contributed by atoms with van der Waals surface area (Å²) in [6.07, 6.45) is 7.72. The number of aliphatic hydroxyl groups is 1. The van der Waals surface area contributed by atoms with Gasteiger partial charge in [-0.05, 0) is 38.2 Å². The third-order valence-corrected chi connectivity index (χ3v) is 1.39. The average Bonchev–Trinajstić information content (AvgIpc) is 2.05. The van der Waals surface area contributed by atoms with Crippen LogP contribution in [-0.4, -0.2) is 12.2 Å². The zero-order valence-electron chi connectivity index (χ0n) is 7.36. The van der Waals surface area contributed by atoms with Gasteiger partial charge in [0.2, 0.25) is 0 Å². The van der Waals surface area contributed by atoms with Gasteiger partial charge in [-0.3, -0.25) is 0 Å². The number of hydrogen-bond donors (Lipinski definition) is 1. The molecule has 0 saturated heterocycles. The second-order valence-electron chi connectivity index (χ2n) is 2.33. The third kappa shape index (κ3) is 4.83. The first-order valence-corrected chi connectivity index (χ1v) is 3.76. The summed E-state index contributed by atoms with van der Waals surface area (Å²) < 4.78 is 4.60. The van der Waals surface area contributed by atoms with Crippen LogP contribution in [0.3, 0.4) is 0 Å². The SMILES string of the molecule is [CH2][CH][CH][C@@H](/C=C(/O)OC)CC=C. The molecule has 0 spiro atoms. The van der Waals surface area contributed by atoms with Crippen LogP contribution >= 0.6 is 0 Å². The number of rotatable bonds is 6. The van der Waals surface area contributed by atoms with E-state index in [1.807, 2.05) is 6.42 Å². The highest BCUT2D eigenvalue weighted by molar-refractivity contribution is 5.04. The molecule has 0 amide bonds. The van der Waals surface area contributed by atoms with Gasteiger partial charge in [0.1, 0.15) is 0 Å². The normalized spacial score (nSPS) is 14.0. The van der Waals surface area contributed by atoms with Gasteiger partial charge in [-0.2, -0.15) is 0 Å². The smallest absolute Gasteiger partial charge is 0.272 e. The number of methoxy groups -OCH3 is 1. The number of aliphatic hydroxyl groups excluding tert-OH is 1. The van der Waals surface area contributed by atoms with Crippen LogP contribution < -0.4 is 0 Å². The second-order valence-corrected chi connectivity index (χ2v) is 2.33. The monoisotopic (exact) mass is 167 g/mol. The molecule has 0 aliphatic carbocycles. The van der Waals surface area contributed by atoms with Gasteiger partial charge in [0.25, 0.3) is 5.95 Å². The Morgan fingerprint density at radius 1 is 1.67 bits per heavy atom. The van der Waals surface area contributed by atoms with Crippen LogP contribution in [0.25, 0.3) is 0 Å². The molecule has 1 N–H and O–H groups in total. The minimum absolute atomic E-state index is 0.0695. The molecule has 0 aliphatic heterocycles. The first-order valence-electron chi connectivity index (χ1n) is 3.76. The van der Waals surface area contributed by atoms with Crippen LogP contribution in [0.15, 0.2) is 24.7 Å². The van der Waals surface area contributed by atoms with Crippen molar-refractivity contribution >= 4 is 0 Å². The fraction of sp³-hybridized carbons (Fsp3) is 0.300. The lowest BCUT2D eigenvalue weighted by molar-refractivity contribution is 0.133. The van der Waals surface area contributed by atoms with Crippen molar-refractivity contribution in [2.75, 3.05) is 7.11 Å². The third-order valence-electron chi connectivity index (χ3n) is 1.39. The lowest BCUT2D eigenvalue weighted by atomic mass is 10.00. The van der Waals surface area contributed by atoms with Crippen LogP contribution in [0, 0.1) is 25.7 Å². The fourth-order valence-electron chi connectivity index (χ4n) is 0.821. The Labute approximate surface area is 74.6 Å². The van der Waals surface area contributed by atoms with Crippen molar-refractivity contribution in [1.29, 1.82) is 0 Å². The minimum atomic E-state index is -0.0695. The van der Waals surface area contributed by atoms with Crippen molar-refractivity contribution < 1.29 is 9.84 Å². The van der Waals surface area contributed by atoms with E-state index in [1.54, 1.807) is 18.6 Å². The molecule has 0 heterocycles. The fourth-order valence-corrected chi connectivity index (χ4v) is 0.821. The van der Waals surface area contributed by atoms with E-state index in [1.165, 1.54) is 7.11 Å². The summed E-state index contributed by atoms with van der Waals surface area (Å²) in [4.78, 5) is 0. The van der Waals surface area contributed by atoms with E-state index >= 15 is 0 Å². The standard InChI is InChI=1S/C10H15O2/c1-4-6-9(7-5-2)8-10(11)12-3/h4-6,8-9,11H,1-2,7H2,3H3/b10-8-/t9-/m1/s1. The maximum Gasteiger partial charge on any atom is 0.272 e. The van der Waals surface area contributed by atoms with E-state index in [4.69, 9.17) is 5.11 Å². The topological polar surface area (TPSA) is 29.5 Å². The molecule has 0 rings (SSSR count). The molecule has 0 bridgehead atoms. The molecule has 2 heteroatoms. The molecule has 0 aromatic heterocycles. The van der Waals surface area contributed by atoms with Crippen molar-refractivity contribution in [2.24, 2.45) is 5.92 Å². The predicted octanol–water partition coefficient (Wildman–Crippen LogP) is 2.47. The predicted molar refractivity (Wildman–Crippen MR) is 50.0 cm³/mol. The molecule has 0 aromatic carbocycles. The quantitative estimate of drug-likeness (QED) is 0.486. The summed E-state index contributed by atoms with van der Waals surface area (Å²) in [5.41, 5.74) is 0. The van der Waals surface area contributed by atoms with E-state index < -0.39 is 0 Å². The van der Waals surface area contributed by atoms with Crippen molar-refractivity contribution in [3.8, 4) is 0 Å². The lowest BCUT2D eigenvalue weighted by Gasteiger charge is -2.07. The van der Waals surface area contributed by atoms with E-state index in [2.05, 4.69) is 18.2 Å². The molecule has 2 nitrogen and oxygen atoms in total. The lowest BCUT2D eigenvalue weighted by Crippen LogP contribution is -1.98. The van der Waals surface area contributed by atoms with Gasteiger partial charge in [0.05, 0.1) is 7.11 Å². The van der Waals surface area contributed by atoms with Gasteiger partial charge in [-0.25, -0.2) is 0 Å². The van der Waals surface area contributed by atoms with Crippen LogP contribution in [0.4, 0.5) is 0 Å². The molecule has 1 atom stereocenters. The van der Waals surface area contributed by atoms with E-state index in [-0.39, 0.29) is 11.9 Å². The van der Waals surface area contributed by atoms with Crippen LogP contribution in [0.2, 0.25) is 0 Å². The van der Waals surface area contributed by atoms with Gasteiger partial charge >= 0.3 is 0 Å². The highest BCUT2D eigenvalue weighted by atomic mass is 16.6. The Kier molecular flexibility index (Phi) is 6.25. The highest BCUT2D eigenvalue weighted by Gasteiger charge is 2.04. The first kappa shape index (κ1) is 11.1. The molecular weight excluding hydrogens is 152 g/mol. The van der Waals surface area contributed by atoms with E-state index in [9.17, 15) is 0 Å². The Morgan fingerprint density at radius 3 is 2.75 bits per heavy atom. The van der Waals surface area contributed by atoms with Crippen molar-refractivity contribution in [1.82, 2.24) is 0 Å². The van der Waals surface area contributed by atoms with Crippen molar-refractivity contribution in [3.63, 3.8) is 0 Å². The summed E-state index contributed by atoms with van der Waals surface area (Å²) in [6.45, 7) is 7.18. The van der Waals surface area contributed by atoms with Gasteiger partial charge < -0.3 is 9.84 Å². The summed E-state index contributed by atoms with van der Waals surface area (Å²) >= 11 is 0. The van der Waals surface area contributed by atoms with Gasteiger partial charge in [0.15, 0.2) is 0 Å². The van der Waals surface area contributed by atoms with Gasteiger partial charge in [0, 0.05) is 0 Å².